The number of rotatable bonds is 5. The molecular weight excluding hydrogens is 342 g/mol. The number of thiazole rings is 1. The molecule has 0 radical (unpaired) electrons. The van der Waals surface area contributed by atoms with Crippen LogP contribution in [-0.4, -0.2) is 17.0 Å². The van der Waals surface area contributed by atoms with Gasteiger partial charge in [-0.2, -0.15) is 5.26 Å². The van der Waals surface area contributed by atoms with Crippen molar-refractivity contribution in [3.63, 3.8) is 0 Å². The van der Waals surface area contributed by atoms with Crippen LogP contribution in [-0.2, 0) is 4.79 Å². The molecule has 1 N–H and O–H groups in total. The third-order valence-electron chi connectivity index (χ3n) is 3.17. The molecule has 24 heavy (non-hydrogen) atoms. The summed E-state index contributed by atoms with van der Waals surface area (Å²) in [6, 6.07) is 12.6. The van der Waals surface area contributed by atoms with E-state index in [1.54, 1.807) is 42.5 Å². The maximum atomic E-state index is 12.2. The van der Waals surface area contributed by atoms with Crippen molar-refractivity contribution in [3.8, 4) is 22.4 Å². The first-order chi connectivity index (χ1) is 11.7. The van der Waals surface area contributed by atoms with E-state index in [1.165, 1.54) is 11.3 Å². The molecule has 2 heterocycles. The normalized spacial score (nSPS) is 11.5. The van der Waals surface area contributed by atoms with Crippen molar-refractivity contribution in [1.82, 2.24) is 4.98 Å². The summed E-state index contributed by atoms with van der Waals surface area (Å²) >= 11 is 2.98. The van der Waals surface area contributed by atoms with Gasteiger partial charge in [0.1, 0.15) is 5.75 Å². The SMILES string of the molecule is CC(Oc1ccc(C#N)cc1)C(=O)Nc1nc(-c2cccs2)cs1. The summed E-state index contributed by atoms with van der Waals surface area (Å²) < 4.78 is 5.58. The first-order valence-corrected chi connectivity index (χ1v) is 8.89. The molecule has 1 unspecified atom stereocenters. The van der Waals surface area contributed by atoms with Gasteiger partial charge >= 0.3 is 0 Å². The molecule has 0 saturated carbocycles. The molecule has 0 saturated heterocycles. The second-order valence-corrected chi connectivity index (χ2v) is 6.71. The van der Waals surface area contributed by atoms with Gasteiger partial charge in [-0.15, -0.1) is 22.7 Å². The van der Waals surface area contributed by atoms with Gasteiger partial charge in [-0.25, -0.2) is 4.98 Å². The maximum Gasteiger partial charge on any atom is 0.266 e. The van der Waals surface area contributed by atoms with Crippen LogP contribution in [0.1, 0.15) is 12.5 Å². The second-order valence-electron chi connectivity index (χ2n) is 4.90. The van der Waals surface area contributed by atoms with Crippen LogP contribution in [0.3, 0.4) is 0 Å². The number of carbonyl (C=O) groups is 1. The molecule has 0 aliphatic carbocycles. The Balaban J connectivity index is 1.60. The minimum atomic E-state index is -0.674. The van der Waals surface area contributed by atoms with Crippen LogP contribution in [0.5, 0.6) is 5.75 Å². The van der Waals surface area contributed by atoms with Gasteiger partial charge in [0.15, 0.2) is 11.2 Å². The van der Waals surface area contributed by atoms with Gasteiger partial charge in [-0.05, 0) is 42.6 Å². The molecule has 3 aromatic rings. The van der Waals surface area contributed by atoms with E-state index in [4.69, 9.17) is 10.00 Å². The number of anilines is 1. The number of ether oxygens (including phenoxy) is 1. The van der Waals surface area contributed by atoms with Gasteiger partial charge < -0.3 is 4.74 Å². The standard InChI is InChI=1S/C17H13N3O2S2/c1-11(22-13-6-4-12(9-18)5-7-13)16(21)20-17-19-14(10-24-17)15-3-2-8-23-15/h2-8,10-11H,1H3,(H,19,20,21). The number of nitriles is 1. The molecule has 2 aromatic heterocycles. The average molecular weight is 355 g/mol. The number of aromatic nitrogens is 1. The van der Waals surface area contributed by atoms with E-state index in [-0.39, 0.29) is 5.91 Å². The van der Waals surface area contributed by atoms with Crippen LogP contribution in [0.2, 0.25) is 0 Å². The summed E-state index contributed by atoms with van der Waals surface area (Å²) in [7, 11) is 0. The van der Waals surface area contributed by atoms with Gasteiger partial charge in [-0.1, -0.05) is 6.07 Å². The van der Waals surface area contributed by atoms with E-state index < -0.39 is 6.10 Å². The van der Waals surface area contributed by atoms with Crippen LogP contribution in [0.25, 0.3) is 10.6 Å². The predicted octanol–water partition coefficient (Wildman–Crippen LogP) is 4.15. The predicted molar refractivity (Wildman–Crippen MR) is 95.3 cm³/mol. The Hall–Kier alpha value is -2.69. The van der Waals surface area contributed by atoms with Crippen LogP contribution in [0.4, 0.5) is 5.13 Å². The quantitative estimate of drug-likeness (QED) is 0.746. The van der Waals surface area contributed by atoms with Crippen LogP contribution >= 0.6 is 22.7 Å². The number of nitrogens with one attached hydrogen (secondary N) is 1. The third kappa shape index (κ3) is 3.79. The van der Waals surface area contributed by atoms with Crippen LogP contribution in [0, 0.1) is 11.3 Å². The average Bonchev–Trinajstić information content (AvgIpc) is 3.26. The zero-order valence-corrected chi connectivity index (χ0v) is 14.4. The molecule has 5 nitrogen and oxygen atoms in total. The highest BCUT2D eigenvalue weighted by Gasteiger charge is 2.17. The van der Waals surface area contributed by atoms with Crippen molar-refractivity contribution < 1.29 is 9.53 Å². The van der Waals surface area contributed by atoms with Crippen LogP contribution < -0.4 is 10.1 Å². The van der Waals surface area contributed by atoms with Crippen molar-refractivity contribution in [3.05, 3.63) is 52.7 Å². The molecule has 120 valence electrons. The number of nitrogens with zero attached hydrogens (tertiary/aromatic N) is 2. The molecule has 1 aromatic carbocycles. The lowest BCUT2D eigenvalue weighted by molar-refractivity contribution is -0.122. The number of hydrogen-bond donors (Lipinski definition) is 1. The molecule has 0 spiro atoms. The van der Waals surface area contributed by atoms with Gasteiger partial charge in [-0.3, -0.25) is 10.1 Å². The number of amides is 1. The third-order valence-corrected chi connectivity index (χ3v) is 4.82. The minimum absolute atomic E-state index is 0.272. The molecule has 0 aliphatic heterocycles. The number of carbonyl (C=O) groups excluding carboxylic acids is 1. The number of thiophene rings is 1. The highest BCUT2D eigenvalue weighted by atomic mass is 32.1. The van der Waals surface area contributed by atoms with Crippen molar-refractivity contribution >= 4 is 33.7 Å². The second kappa shape index (κ2) is 7.25. The minimum Gasteiger partial charge on any atom is -0.481 e. The smallest absolute Gasteiger partial charge is 0.266 e. The largest absolute Gasteiger partial charge is 0.481 e. The fourth-order valence-electron chi connectivity index (χ4n) is 1.94. The summed E-state index contributed by atoms with van der Waals surface area (Å²) in [5.74, 6) is 0.265. The molecule has 0 fully saturated rings. The number of benzene rings is 1. The Morgan fingerprint density at radius 3 is 2.75 bits per heavy atom. The van der Waals surface area contributed by atoms with Gasteiger partial charge in [0.2, 0.25) is 0 Å². The monoisotopic (exact) mass is 355 g/mol. The lowest BCUT2D eigenvalue weighted by Crippen LogP contribution is -2.30. The molecule has 0 aliphatic rings. The van der Waals surface area contributed by atoms with Crippen molar-refractivity contribution in [2.45, 2.75) is 13.0 Å². The lowest BCUT2D eigenvalue weighted by Gasteiger charge is -2.13. The summed E-state index contributed by atoms with van der Waals surface area (Å²) in [6.45, 7) is 1.67. The van der Waals surface area contributed by atoms with Gasteiger partial charge in [0, 0.05) is 5.38 Å². The highest BCUT2D eigenvalue weighted by Crippen LogP contribution is 2.28. The molecular formula is C17H13N3O2S2. The zero-order valence-electron chi connectivity index (χ0n) is 12.7. The summed E-state index contributed by atoms with van der Waals surface area (Å²) in [4.78, 5) is 17.7. The summed E-state index contributed by atoms with van der Waals surface area (Å²) in [5, 5.41) is 16.0. The fraction of sp³-hybridized carbons (Fsp3) is 0.118. The topological polar surface area (TPSA) is 75.0 Å². The fourth-order valence-corrected chi connectivity index (χ4v) is 3.42. The van der Waals surface area contributed by atoms with Gasteiger partial charge in [0.05, 0.1) is 22.2 Å². The van der Waals surface area contributed by atoms with Crippen molar-refractivity contribution in [2.24, 2.45) is 0 Å². The molecule has 7 heteroatoms. The molecule has 1 atom stereocenters. The first kappa shape index (κ1) is 16.2. The Labute approximate surface area is 147 Å². The van der Waals surface area contributed by atoms with E-state index in [1.807, 2.05) is 29.0 Å². The summed E-state index contributed by atoms with van der Waals surface area (Å²) in [6.07, 6.45) is -0.674. The van der Waals surface area contributed by atoms with E-state index >= 15 is 0 Å². The van der Waals surface area contributed by atoms with Crippen molar-refractivity contribution in [1.29, 1.82) is 5.26 Å². The molecule has 0 bridgehead atoms. The molecule has 3 rings (SSSR count). The van der Waals surface area contributed by atoms with E-state index in [9.17, 15) is 4.79 Å². The lowest BCUT2D eigenvalue weighted by atomic mass is 10.2. The van der Waals surface area contributed by atoms with E-state index in [2.05, 4.69) is 10.3 Å². The van der Waals surface area contributed by atoms with E-state index in [0.717, 1.165) is 10.6 Å². The Bertz CT molecular complexity index is 864. The van der Waals surface area contributed by atoms with E-state index in [0.29, 0.717) is 16.4 Å². The van der Waals surface area contributed by atoms with Crippen molar-refractivity contribution in [2.75, 3.05) is 5.32 Å². The maximum absolute atomic E-state index is 12.2. The number of hydrogen-bond acceptors (Lipinski definition) is 6. The highest BCUT2D eigenvalue weighted by molar-refractivity contribution is 7.16. The Kier molecular flexibility index (Phi) is 4.89. The summed E-state index contributed by atoms with van der Waals surface area (Å²) in [5.41, 5.74) is 1.40. The first-order valence-electron chi connectivity index (χ1n) is 7.13. The molecule has 1 amide bonds. The Morgan fingerprint density at radius 2 is 2.08 bits per heavy atom. The van der Waals surface area contributed by atoms with Gasteiger partial charge in [0.25, 0.3) is 5.91 Å². The zero-order chi connectivity index (χ0) is 16.9. The van der Waals surface area contributed by atoms with Crippen LogP contribution in [0.15, 0.2) is 47.2 Å². The Morgan fingerprint density at radius 1 is 1.29 bits per heavy atom.